The van der Waals surface area contributed by atoms with Gasteiger partial charge in [0.15, 0.2) is 0 Å². The first-order chi connectivity index (χ1) is 8.75. The lowest BCUT2D eigenvalue weighted by Gasteiger charge is -2.09. The van der Waals surface area contributed by atoms with Gasteiger partial charge in [-0.1, -0.05) is 12.1 Å². The molecule has 1 fully saturated rings. The molecule has 0 radical (unpaired) electrons. The van der Waals surface area contributed by atoms with E-state index in [0.29, 0.717) is 18.0 Å². The molecule has 98 valence electrons. The van der Waals surface area contributed by atoms with Crippen LogP contribution in [0.4, 0.5) is 0 Å². The predicted molar refractivity (Wildman–Crippen MR) is 68.7 cm³/mol. The van der Waals surface area contributed by atoms with Crippen molar-refractivity contribution in [1.82, 2.24) is 5.32 Å². The van der Waals surface area contributed by atoms with Gasteiger partial charge in [-0.3, -0.25) is 0 Å². The standard InChI is InChI=1S/C14H19NO3/c16-14(17)13-3-1-2-12(8-13)9-15-6-4-11-5-7-18-10-11/h1-3,8,11,15H,4-7,9-10H2,(H,16,17). The first-order valence-corrected chi connectivity index (χ1v) is 6.36. The Hall–Kier alpha value is -1.39. The Kier molecular flexibility index (Phi) is 4.73. The maximum Gasteiger partial charge on any atom is 0.335 e. The highest BCUT2D eigenvalue weighted by molar-refractivity contribution is 5.87. The third-order valence-corrected chi connectivity index (χ3v) is 3.26. The van der Waals surface area contributed by atoms with Gasteiger partial charge in [0.05, 0.1) is 5.56 Å². The zero-order valence-electron chi connectivity index (χ0n) is 10.4. The summed E-state index contributed by atoms with van der Waals surface area (Å²) in [5.74, 6) is -0.192. The molecule has 2 rings (SSSR count). The van der Waals surface area contributed by atoms with Crippen molar-refractivity contribution in [3.05, 3.63) is 35.4 Å². The molecule has 18 heavy (non-hydrogen) atoms. The first kappa shape index (κ1) is 13.1. The molecule has 1 aliphatic heterocycles. The van der Waals surface area contributed by atoms with Gasteiger partial charge in [0.2, 0.25) is 0 Å². The second-order valence-electron chi connectivity index (χ2n) is 4.70. The van der Waals surface area contributed by atoms with Crippen molar-refractivity contribution in [3.8, 4) is 0 Å². The normalized spacial score (nSPS) is 19.0. The van der Waals surface area contributed by atoms with Crippen LogP contribution in [0.25, 0.3) is 0 Å². The molecule has 0 aliphatic carbocycles. The van der Waals surface area contributed by atoms with E-state index in [0.717, 1.165) is 38.2 Å². The molecule has 1 aliphatic rings. The van der Waals surface area contributed by atoms with Crippen LogP contribution in [0.1, 0.15) is 28.8 Å². The summed E-state index contributed by atoms with van der Waals surface area (Å²) in [4.78, 5) is 10.8. The molecule has 1 aromatic carbocycles. The van der Waals surface area contributed by atoms with Crippen molar-refractivity contribution in [2.24, 2.45) is 5.92 Å². The van der Waals surface area contributed by atoms with Crippen molar-refractivity contribution >= 4 is 5.97 Å². The van der Waals surface area contributed by atoms with Crippen LogP contribution in [0.3, 0.4) is 0 Å². The Balaban J connectivity index is 1.72. The molecule has 0 amide bonds. The second kappa shape index (κ2) is 6.52. The SMILES string of the molecule is O=C(O)c1cccc(CNCCC2CCOC2)c1. The Morgan fingerprint density at radius 3 is 3.11 bits per heavy atom. The maximum atomic E-state index is 10.8. The minimum atomic E-state index is -0.875. The molecule has 1 atom stereocenters. The molecular weight excluding hydrogens is 230 g/mol. The Labute approximate surface area is 107 Å². The fourth-order valence-corrected chi connectivity index (χ4v) is 2.16. The molecule has 1 aromatic rings. The average molecular weight is 249 g/mol. The van der Waals surface area contributed by atoms with E-state index in [1.54, 1.807) is 18.2 Å². The Morgan fingerprint density at radius 2 is 2.39 bits per heavy atom. The lowest BCUT2D eigenvalue weighted by molar-refractivity contribution is 0.0696. The molecule has 0 spiro atoms. The number of carboxylic acid groups (broad SMARTS) is 1. The predicted octanol–water partition coefficient (Wildman–Crippen LogP) is 1.90. The molecule has 1 unspecified atom stereocenters. The van der Waals surface area contributed by atoms with Crippen LogP contribution in [0, 0.1) is 5.92 Å². The molecule has 1 heterocycles. The van der Waals surface area contributed by atoms with Crippen molar-refractivity contribution in [2.75, 3.05) is 19.8 Å². The lowest BCUT2D eigenvalue weighted by atomic mass is 10.1. The van der Waals surface area contributed by atoms with E-state index in [4.69, 9.17) is 9.84 Å². The molecule has 4 nitrogen and oxygen atoms in total. The number of rotatable bonds is 6. The summed E-state index contributed by atoms with van der Waals surface area (Å²) in [6.45, 7) is 3.45. The highest BCUT2D eigenvalue weighted by Gasteiger charge is 2.14. The topological polar surface area (TPSA) is 58.6 Å². The van der Waals surface area contributed by atoms with Gasteiger partial charge in [-0.2, -0.15) is 0 Å². The first-order valence-electron chi connectivity index (χ1n) is 6.36. The van der Waals surface area contributed by atoms with Crippen LogP contribution in [0.5, 0.6) is 0 Å². The van der Waals surface area contributed by atoms with E-state index in [2.05, 4.69) is 5.32 Å². The summed E-state index contributed by atoms with van der Waals surface area (Å²) < 4.78 is 5.32. The van der Waals surface area contributed by atoms with Gasteiger partial charge in [0.25, 0.3) is 0 Å². The van der Waals surface area contributed by atoms with E-state index in [9.17, 15) is 4.79 Å². The lowest BCUT2D eigenvalue weighted by Crippen LogP contribution is -2.18. The van der Waals surface area contributed by atoms with Crippen LogP contribution >= 0.6 is 0 Å². The van der Waals surface area contributed by atoms with Gasteiger partial charge in [-0.05, 0) is 43.0 Å². The van der Waals surface area contributed by atoms with Gasteiger partial charge in [0, 0.05) is 19.8 Å². The average Bonchev–Trinajstić information content (AvgIpc) is 2.88. The maximum absolute atomic E-state index is 10.8. The van der Waals surface area contributed by atoms with E-state index in [-0.39, 0.29) is 0 Å². The quantitative estimate of drug-likeness (QED) is 0.756. The van der Waals surface area contributed by atoms with E-state index in [1.165, 1.54) is 0 Å². The zero-order chi connectivity index (χ0) is 12.8. The molecular formula is C14H19NO3. The third-order valence-electron chi connectivity index (χ3n) is 3.26. The number of hydrogen-bond donors (Lipinski definition) is 2. The summed E-state index contributed by atoms with van der Waals surface area (Å²) in [5, 5.41) is 12.2. The molecule has 0 bridgehead atoms. The van der Waals surface area contributed by atoms with E-state index >= 15 is 0 Å². The minimum Gasteiger partial charge on any atom is -0.478 e. The highest BCUT2D eigenvalue weighted by Crippen LogP contribution is 2.15. The van der Waals surface area contributed by atoms with Gasteiger partial charge in [0.1, 0.15) is 0 Å². The molecule has 4 heteroatoms. The Bertz CT molecular complexity index is 400. The van der Waals surface area contributed by atoms with Crippen LogP contribution in [0.2, 0.25) is 0 Å². The summed E-state index contributed by atoms with van der Waals surface area (Å²) >= 11 is 0. The number of hydrogen-bond acceptors (Lipinski definition) is 3. The van der Waals surface area contributed by atoms with Crippen molar-refractivity contribution in [3.63, 3.8) is 0 Å². The zero-order valence-corrected chi connectivity index (χ0v) is 10.4. The summed E-state index contributed by atoms with van der Waals surface area (Å²) in [6, 6.07) is 7.05. The van der Waals surface area contributed by atoms with Crippen LogP contribution in [-0.4, -0.2) is 30.8 Å². The van der Waals surface area contributed by atoms with E-state index < -0.39 is 5.97 Å². The molecule has 1 saturated heterocycles. The second-order valence-corrected chi connectivity index (χ2v) is 4.70. The monoisotopic (exact) mass is 249 g/mol. The fraction of sp³-hybridized carbons (Fsp3) is 0.500. The fourth-order valence-electron chi connectivity index (χ4n) is 2.16. The van der Waals surface area contributed by atoms with Crippen molar-refractivity contribution in [1.29, 1.82) is 0 Å². The van der Waals surface area contributed by atoms with Crippen LogP contribution < -0.4 is 5.32 Å². The molecule has 0 aromatic heterocycles. The van der Waals surface area contributed by atoms with E-state index in [1.807, 2.05) is 6.07 Å². The van der Waals surface area contributed by atoms with Gasteiger partial charge in [-0.15, -0.1) is 0 Å². The summed E-state index contributed by atoms with van der Waals surface area (Å²) in [5.41, 5.74) is 1.36. The number of ether oxygens (including phenoxy) is 1. The smallest absolute Gasteiger partial charge is 0.335 e. The number of nitrogens with one attached hydrogen (secondary N) is 1. The summed E-state index contributed by atoms with van der Waals surface area (Å²) in [6.07, 6.45) is 2.29. The molecule has 0 saturated carbocycles. The van der Waals surface area contributed by atoms with Gasteiger partial charge in [-0.25, -0.2) is 4.79 Å². The minimum absolute atomic E-state index is 0.346. The molecule has 2 N–H and O–H groups in total. The van der Waals surface area contributed by atoms with Crippen molar-refractivity contribution in [2.45, 2.75) is 19.4 Å². The third kappa shape index (κ3) is 3.82. The number of carbonyl (C=O) groups is 1. The number of aromatic carboxylic acids is 1. The largest absolute Gasteiger partial charge is 0.478 e. The summed E-state index contributed by atoms with van der Waals surface area (Å²) in [7, 11) is 0. The number of carboxylic acids is 1. The van der Waals surface area contributed by atoms with Crippen molar-refractivity contribution < 1.29 is 14.6 Å². The van der Waals surface area contributed by atoms with Crippen LogP contribution in [-0.2, 0) is 11.3 Å². The van der Waals surface area contributed by atoms with Gasteiger partial charge < -0.3 is 15.2 Å². The highest BCUT2D eigenvalue weighted by atomic mass is 16.5. The Morgan fingerprint density at radius 1 is 1.50 bits per heavy atom. The van der Waals surface area contributed by atoms with Crippen LogP contribution in [0.15, 0.2) is 24.3 Å². The van der Waals surface area contributed by atoms with Gasteiger partial charge >= 0.3 is 5.97 Å². The number of benzene rings is 1.